The lowest BCUT2D eigenvalue weighted by molar-refractivity contribution is 0.414. The highest BCUT2D eigenvalue weighted by Gasteiger charge is 2.32. The second-order valence-corrected chi connectivity index (χ2v) is 6.29. The molecule has 0 saturated heterocycles. The zero-order valence-electron chi connectivity index (χ0n) is 10.3. The average Bonchev–Trinajstić information content (AvgIpc) is 2.27. The van der Waals surface area contributed by atoms with E-state index in [1.165, 1.54) is 0 Å². The molecular formula is C12H17NO3S. The normalized spacial score (nSPS) is 21.5. The maximum atomic E-state index is 12.2. The van der Waals surface area contributed by atoms with Crippen molar-refractivity contribution in [1.29, 1.82) is 0 Å². The van der Waals surface area contributed by atoms with Gasteiger partial charge in [0.2, 0.25) is 0 Å². The van der Waals surface area contributed by atoms with Crippen molar-refractivity contribution >= 4 is 15.5 Å². The fourth-order valence-electron chi connectivity index (χ4n) is 2.19. The molecule has 17 heavy (non-hydrogen) atoms. The number of hydrogen-bond acceptors (Lipinski definition) is 4. The molecule has 0 spiro atoms. The van der Waals surface area contributed by atoms with E-state index in [1.807, 2.05) is 13.8 Å². The molecule has 0 radical (unpaired) electrons. The van der Waals surface area contributed by atoms with E-state index < -0.39 is 9.84 Å². The minimum absolute atomic E-state index is 0.0387. The molecule has 0 fully saturated rings. The fourth-order valence-corrected chi connectivity index (χ4v) is 4.23. The Bertz CT molecular complexity index is 537. The van der Waals surface area contributed by atoms with Crippen molar-refractivity contribution in [1.82, 2.24) is 0 Å². The van der Waals surface area contributed by atoms with Crippen molar-refractivity contribution in [3.05, 3.63) is 17.7 Å². The predicted octanol–water partition coefficient (Wildman–Crippen LogP) is 1.98. The molecule has 1 atom stereocenters. The number of anilines is 1. The first-order chi connectivity index (χ1) is 7.99. The SMILES string of the molecule is CCC1CS(=O)(=O)c2c(C)ccc(OC)c2N1. The number of aryl methyl sites for hydroxylation is 1. The molecule has 0 bridgehead atoms. The average molecular weight is 255 g/mol. The fraction of sp³-hybridized carbons (Fsp3) is 0.500. The van der Waals surface area contributed by atoms with Gasteiger partial charge in [0.1, 0.15) is 5.75 Å². The summed E-state index contributed by atoms with van der Waals surface area (Å²) in [4.78, 5) is 0.390. The zero-order chi connectivity index (χ0) is 12.6. The van der Waals surface area contributed by atoms with Crippen LogP contribution in [0.1, 0.15) is 18.9 Å². The van der Waals surface area contributed by atoms with Gasteiger partial charge in [0, 0.05) is 6.04 Å². The minimum Gasteiger partial charge on any atom is -0.495 e. The molecule has 0 saturated carbocycles. The van der Waals surface area contributed by atoms with E-state index in [4.69, 9.17) is 4.74 Å². The number of nitrogens with one attached hydrogen (secondary N) is 1. The van der Waals surface area contributed by atoms with Gasteiger partial charge in [-0.25, -0.2) is 8.42 Å². The number of ether oxygens (including phenoxy) is 1. The van der Waals surface area contributed by atoms with E-state index in [9.17, 15) is 8.42 Å². The van der Waals surface area contributed by atoms with Crippen molar-refractivity contribution in [2.24, 2.45) is 0 Å². The molecule has 0 aromatic heterocycles. The molecule has 1 aliphatic rings. The monoisotopic (exact) mass is 255 g/mol. The second-order valence-electron chi connectivity index (χ2n) is 4.32. The lowest BCUT2D eigenvalue weighted by Gasteiger charge is -2.28. The highest BCUT2D eigenvalue weighted by molar-refractivity contribution is 7.91. The first kappa shape index (κ1) is 12.2. The summed E-state index contributed by atoms with van der Waals surface area (Å²) < 4.78 is 29.7. The highest BCUT2D eigenvalue weighted by Crippen LogP contribution is 2.38. The first-order valence-electron chi connectivity index (χ1n) is 5.66. The van der Waals surface area contributed by atoms with Crippen LogP contribution in [0.4, 0.5) is 5.69 Å². The van der Waals surface area contributed by atoms with E-state index in [-0.39, 0.29) is 11.8 Å². The lowest BCUT2D eigenvalue weighted by atomic mass is 10.1. The smallest absolute Gasteiger partial charge is 0.182 e. The first-order valence-corrected chi connectivity index (χ1v) is 7.31. The molecule has 1 aromatic rings. The predicted molar refractivity (Wildman–Crippen MR) is 67.5 cm³/mol. The summed E-state index contributed by atoms with van der Waals surface area (Å²) in [6.45, 7) is 3.78. The van der Waals surface area contributed by atoms with Gasteiger partial charge in [0.25, 0.3) is 0 Å². The van der Waals surface area contributed by atoms with Crippen LogP contribution in [-0.4, -0.2) is 27.3 Å². The summed E-state index contributed by atoms with van der Waals surface area (Å²) in [6, 6.07) is 3.54. The standard InChI is InChI=1S/C12H17NO3S/c1-4-9-7-17(14,15)12-8(2)5-6-10(16-3)11(12)13-9/h5-6,9,13H,4,7H2,1-3H3. The van der Waals surface area contributed by atoms with Gasteiger partial charge in [-0.05, 0) is 25.0 Å². The van der Waals surface area contributed by atoms with Gasteiger partial charge in [0.05, 0.1) is 23.4 Å². The Balaban J connectivity index is 2.68. The van der Waals surface area contributed by atoms with Crippen molar-refractivity contribution in [3.63, 3.8) is 0 Å². The van der Waals surface area contributed by atoms with Crippen molar-refractivity contribution < 1.29 is 13.2 Å². The van der Waals surface area contributed by atoms with Gasteiger partial charge in [-0.2, -0.15) is 0 Å². The number of rotatable bonds is 2. The van der Waals surface area contributed by atoms with Gasteiger partial charge in [-0.15, -0.1) is 0 Å². The quantitative estimate of drug-likeness (QED) is 0.878. The van der Waals surface area contributed by atoms with E-state index in [2.05, 4.69) is 5.32 Å². The Morgan fingerprint density at radius 3 is 2.76 bits per heavy atom. The summed E-state index contributed by atoms with van der Waals surface area (Å²) in [5.41, 5.74) is 1.38. The Kier molecular flexibility index (Phi) is 3.03. The molecule has 1 N–H and O–H groups in total. The summed E-state index contributed by atoms with van der Waals surface area (Å²) in [5.74, 6) is 0.747. The van der Waals surface area contributed by atoms with Gasteiger partial charge >= 0.3 is 0 Å². The molecule has 0 aliphatic carbocycles. The Hall–Kier alpha value is -1.23. The molecule has 1 aromatic carbocycles. The van der Waals surface area contributed by atoms with Crippen molar-refractivity contribution in [2.75, 3.05) is 18.2 Å². The van der Waals surface area contributed by atoms with Crippen molar-refractivity contribution in [2.45, 2.75) is 31.2 Å². The maximum absolute atomic E-state index is 12.2. The van der Waals surface area contributed by atoms with Gasteiger partial charge in [-0.1, -0.05) is 13.0 Å². The summed E-state index contributed by atoms with van der Waals surface area (Å²) >= 11 is 0. The van der Waals surface area contributed by atoms with Crippen LogP contribution in [0.15, 0.2) is 17.0 Å². The molecular weight excluding hydrogens is 238 g/mol. The largest absolute Gasteiger partial charge is 0.495 e. The molecule has 1 unspecified atom stereocenters. The summed E-state index contributed by atoms with van der Waals surface area (Å²) in [5, 5.41) is 3.26. The summed E-state index contributed by atoms with van der Waals surface area (Å²) in [6.07, 6.45) is 0.774. The third kappa shape index (κ3) is 1.99. The van der Waals surface area contributed by atoms with E-state index in [1.54, 1.807) is 19.2 Å². The van der Waals surface area contributed by atoms with Crippen LogP contribution in [0, 0.1) is 6.92 Å². The number of benzene rings is 1. The molecule has 2 rings (SSSR count). The maximum Gasteiger partial charge on any atom is 0.182 e. The van der Waals surface area contributed by atoms with Crippen LogP contribution in [0.3, 0.4) is 0 Å². The van der Waals surface area contributed by atoms with Gasteiger partial charge in [-0.3, -0.25) is 0 Å². The van der Waals surface area contributed by atoms with Gasteiger partial charge in [0.15, 0.2) is 9.84 Å². The van der Waals surface area contributed by atoms with Crippen LogP contribution >= 0.6 is 0 Å². The summed E-state index contributed by atoms with van der Waals surface area (Å²) in [7, 11) is -1.66. The highest BCUT2D eigenvalue weighted by atomic mass is 32.2. The second kappa shape index (κ2) is 4.22. The molecule has 94 valence electrons. The van der Waals surface area contributed by atoms with E-state index in [0.717, 1.165) is 12.0 Å². The van der Waals surface area contributed by atoms with E-state index in [0.29, 0.717) is 16.3 Å². The topological polar surface area (TPSA) is 55.4 Å². The van der Waals surface area contributed by atoms with Crippen LogP contribution in [0.25, 0.3) is 0 Å². The molecule has 1 heterocycles. The third-order valence-electron chi connectivity index (χ3n) is 3.11. The number of hydrogen-bond donors (Lipinski definition) is 1. The Morgan fingerprint density at radius 2 is 2.18 bits per heavy atom. The Morgan fingerprint density at radius 1 is 1.47 bits per heavy atom. The van der Waals surface area contributed by atoms with Crippen LogP contribution in [-0.2, 0) is 9.84 Å². The molecule has 0 amide bonds. The van der Waals surface area contributed by atoms with Crippen molar-refractivity contribution in [3.8, 4) is 5.75 Å². The zero-order valence-corrected chi connectivity index (χ0v) is 11.1. The minimum atomic E-state index is -3.21. The molecule has 4 nitrogen and oxygen atoms in total. The Labute approximate surface area is 102 Å². The van der Waals surface area contributed by atoms with Crippen LogP contribution < -0.4 is 10.1 Å². The van der Waals surface area contributed by atoms with Gasteiger partial charge < -0.3 is 10.1 Å². The number of sulfone groups is 1. The lowest BCUT2D eigenvalue weighted by Crippen LogP contribution is -2.34. The number of methoxy groups -OCH3 is 1. The van der Waals surface area contributed by atoms with Crippen LogP contribution in [0.5, 0.6) is 5.75 Å². The molecule has 5 heteroatoms. The number of fused-ring (bicyclic) bond motifs is 1. The van der Waals surface area contributed by atoms with Crippen LogP contribution in [0.2, 0.25) is 0 Å². The third-order valence-corrected chi connectivity index (χ3v) is 5.10. The van der Waals surface area contributed by atoms with E-state index >= 15 is 0 Å². The molecule has 1 aliphatic heterocycles.